The first-order valence-electron chi connectivity index (χ1n) is 6.75. The fourth-order valence-corrected chi connectivity index (χ4v) is 1.68. The predicted molar refractivity (Wildman–Crippen MR) is 70.8 cm³/mol. The molecule has 0 N–H and O–H groups in total. The van der Waals surface area contributed by atoms with E-state index in [1.807, 2.05) is 37.3 Å². The highest BCUT2D eigenvalue weighted by Crippen LogP contribution is 2.25. The van der Waals surface area contributed by atoms with Crippen LogP contribution in [0.1, 0.15) is 25.3 Å². The minimum Gasteiger partial charge on any atom is -0.464 e. The molecule has 2 rings (SSSR count). The van der Waals surface area contributed by atoms with Gasteiger partial charge in [0.05, 0.1) is 6.61 Å². The van der Waals surface area contributed by atoms with Crippen molar-refractivity contribution in [3.63, 3.8) is 0 Å². The molecule has 0 radical (unpaired) electrons. The first kappa shape index (κ1) is 14.5. The maximum Gasteiger partial charge on any atom is 0.339 e. The SMILES string of the molecule is CCCCOC(=O)C1OC1C(=O)OCc1ccccc1. The van der Waals surface area contributed by atoms with Crippen molar-refractivity contribution in [3.8, 4) is 0 Å². The van der Waals surface area contributed by atoms with E-state index in [-0.39, 0.29) is 6.61 Å². The van der Waals surface area contributed by atoms with Gasteiger partial charge in [0.1, 0.15) is 6.61 Å². The zero-order chi connectivity index (χ0) is 14.4. The number of unbranched alkanes of at least 4 members (excludes halogenated alkanes) is 1. The number of carbonyl (C=O) groups is 2. The molecule has 1 aliphatic heterocycles. The van der Waals surface area contributed by atoms with Crippen LogP contribution in [0.25, 0.3) is 0 Å². The molecule has 1 aromatic rings. The van der Waals surface area contributed by atoms with E-state index in [0.717, 1.165) is 18.4 Å². The van der Waals surface area contributed by atoms with Crippen LogP contribution in [-0.4, -0.2) is 30.8 Å². The number of hydrogen-bond donors (Lipinski definition) is 0. The summed E-state index contributed by atoms with van der Waals surface area (Å²) in [5, 5.41) is 0. The maximum atomic E-state index is 11.7. The highest BCUT2D eigenvalue weighted by Gasteiger charge is 2.52. The first-order chi connectivity index (χ1) is 9.72. The Balaban J connectivity index is 1.69. The van der Waals surface area contributed by atoms with Gasteiger partial charge in [0.2, 0.25) is 0 Å². The molecule has 1 fully saturated rings. The van der Waals surface area contributed by atoms with Gasteiger partial charge in [0.15, 0.2) is 12.2 Å². The summed E-state index contributed by atoms with van der Waals surface area (Å²) in [7, 11) is 0. The van der Waals surface area contributed by atoms with E-state index in [1.165, 1.54) is 0 Å². The Morgan fingerprint density at radius 1 is 1.10 bits per heavy atom. The van der Waals surface area contributed by atoms with Crippen LogP contribution in [0.5, 0.6) is 0 Å². The third kappa shape index (κ3) is 4.06. The molecule has 1 saturated heterocycles. The number of benzene rings is 1. The van der Waals surface area contributed by atoms with Gasteiger partial charge in [-0.2, -0.15) is 0 Å². The molecule has 20 heavy (non-hydrogen) atoms. The van der Waals surface area contributed by atoms with Crippen LogP contribution < -0.4 is 0 Å². The van der Waals surface area contributed by atoms with Gasteiger partial charge in [0.25, 0.3) is 0 Å². The minimum absolute atomic E-state index is 0.178. The molecule has 2 atom stereocenters. The summed E-state index contributed by atoms with van der Waals surface area (Å²) in [5.41, 5.74) is 0.892. The normalized spacial score (nSPS) is 20.2. The summed E-state index contributed by atoms with van der Waals surface area (Å²) < 4.78 is 15.1. The topological polar surface area (TPSA) is 65.1 Å². The van der Waals surface area contributed by atoms with Gasteiger partial charge in [0, 0.05) is 0 Å². The van der Waals surface area contributed by atoms with Crippen molar-refractivity contribution in [2.45, 2.75) is 38.6 Å². The van der Waals surface area contributed by atoms with E-state index >= 15 is 0 Å². The molecule has 2 unspecified atom stereocenters. The fraction of sp³-hybridized carbons (Fsp3) is 0.467. The summed E-state index contributed by atoms with van der Waals surface area (Å²) >= 11 is 0. The number of carbonyl (C=O) groups excluding carboxylic acids is 2. The van der Waals surface area contributed by atoms with Crippen molar-refractivity contribution in [3.05, 3.63) is 35.9 Å². The zero-order valence-corrected chi connectivity index (χ0v) is 11.4. The average Bonchev–Trinajstić information content (AvgIpc) is 3.26. The van der Waals surface area contributed by atoms with Gasteiger partial charge in [-0.1, -0.05) is 43.7 Å². The van der Waals surface area contributed by atoms with E-state index in [9.17, 15) is 9.59 Å². The van der Waals surface area contributed by atoms with E-state index in [0.29, 0.717) is 6.61 Å². The molecule has 5 nitrogen and oxygen atoms in total. The second kappa shape index (κ2) is 7.05. The minimum atomic E-state index is -0.812. The lowest BCUT2D eigenvalue weighted by molar-refractivity contribution is -0.148. The Labute approximate surface area is 117 Å². The van der Waals surface area contributed by atoms with Gasteiger partial charge in [-0.15, -0.1) is 0 Å². The van der Waals surface area contributed by atoms with Crippen molar-refractivity contribution in [1.82, 2.24) is 0 Å². The number of ether oxygens (including phenoxy) is 3. The van der Waals surface area contributed by atoms with Gasteiger partial charge in [-0.3, -0.25) is 0 Å². The van der Waals surface area contributed by atoms with Crippen molar-refractivity contribution >= 4 is 11.9 Å². The summed E-state index contributed by atoms with van der Waals surface area (Å²) in [4.78, 5) is 23.2. The predicted octanol–water partition coefficient (Wildman–Crippen LogP) is 1.84. The molecule has 0 aliphatic carbocycles. The number of rotatable bonds is 7. The van der Waals surface area contributed by atoms with E-state index < -0.39 is 24.1 Å². The number of hydrogen-bond acceptors (Lipinski definition) is 5. The Hall–Kier alpha value is -1.88. The largest absolute Gasteiger partial charge is 0.464 e. The smallest absolute Gasteiger partial charge is 0.339 e. The van der Waals surface area contributed by atoms with Crippen LogP contribution >= 0.6 is 0 Å². The summed E-state index contributed by atoms with van der Waals surface area (Å²) in [6, 6.07) is 9.34. The average molecular weight is 278 g/mol. The quantitative estimate of drug-likeness (QED) is 0.432. The lowest BCUT2D eigenvalue weighted by Crippen LogP contribution is -2.20. The lowest BCUT2D eigenvalue weighted by atomic mass is 10.2. The third-order valence-corrected chi connectivity index (χ3v) is 2.92. The van der Waals surface area contributed by atoms with Crippen molar-refractivity contribution in [2.75, 3.05) is 6.61 Å². The molecule has 1 aliphatic rings. The molecule has 0 bridgehead atoms. The Bertz CT molecular complexity index is 457. The monoisotopic (exact) mass is 278 g/mol. The highest BCUT2D eigenvalue weighted by atomic mass is 16.7. The number of esters is 2. The second-order valence-corrected chi connectivity index (χ2v) is 4.59. The van der Waals surface area contributed by atoms with Crippen LogP contribution in [0.2, 0.25) is 0 Å². The first-order valence-corrected chi connectivity index (χ1v) is 6.75. The van der Waals surface area contributed by atoms with Crippen LogP contribution in [0, 0.1) is 0 Å². The standard InChI is InChI=1S/C15H18O5/c1-2-3-9-18-14(16)12-13(20-12)15(17)19-10-11-7-5-4-6-8-11/h4-8,12-13H,2-3,9-10H2,1H3. The van der Waals surface area contributed by atoms with Crippen LogP contribution in [-0.2, 0) is 30.4 Å². The molecular formula is C15H18O5. The molecular weight excluding hydrogens is 260 g/mol. The molecule has 1 aromatic carbocycles. The molecule has 108 valence electrons. The fourth-order valence-electron chi connectivity index (χ4n) is 1.68. The molecule has 5 heteroatoms. The van der Waals surface area contributed by atoms with E-state index in [4.69, 9.17) is 14.2 Å². The molecule has 0 saturated carbocycles. The molecule has 0 aromatic heterocycles. The summed E-state index contributed by atoms with van der Waals surface area (Å²) in [6.45, 7) is 2.54. The van der Waals surface area contributed by atoms with Crippen molar-refractivity contribution < 1.29 is 23.8 Å². The van der Waals surface area contributed by atoms with Crippen LogP contribution in [0.15, 0.2) is 30.3 Å². The van der Waals surface area contributed by atoms with Crippen molar-refractivity contribution in [2.24, 2.45) is 0 Å². The van der Waals surface area contributed by atoms with E-state index in [2.05, 4.69) is 0 Å². The van der Waals surface area contributed by atoms with Crippen molar-refractivity contribution in [1.29, 1.82) is 0 Å². The van der Waals surface area contributed by atoms with Gasteiger partial charge in [-0.05, 0) is 12.0 Å². The Morgan fingerprint density at radius 2 is 1.75 bits per heavy atom. The van der Waals surface area contributed by atoms with Crippen LogP contribution in [0.4, 0.5) is 0 Å². The third-order valence-electron chi connectivity index (χ3n) is 2.92. The summed E-state index contributed by atoms with van der Waals surface area (Å²) in [6.07, 6.45) is 0.145. The molecule has 1 heterocycles. The van der Waals surface area contributed by atoms with Gasteiger partial charge >= 0.3 is 11.9 Å². The van der Waals surface area contributed by atoms with Gasteiger partial charge in [-0.25, -0.2) is 9.59 Å². The van der Waals surface area contributed by atoms with Crippen LogP contribution in [0.3, 0.4) is 0 Å². The van der Waals surface area contributed by atoms with E-state index in [1.54, 1.807) is 0 Å². The Kier molecular flexibility index (Phi) is 5.12. The molecule has 0 amide bonds. The zero-order valence-electron chi connectivity index (χ0n) is 11.4. The Morgan fingerprint density at radius 3 is 2.40 bits per heavy atom. The lowest BCUT2D eigenvalue weighted by Gasteiger charge is -2.03. The second-order valence-electron chi connectivity index (χ2n) is 4.59. The maximum absolute atomic E-state index is 11.7. The summed E-state index contributed by atoms with van der Waals surface area (Å²) in [5.74, 6) is -1.01. The highest BCUT2D eigenvalue weighted by molar-refractivity contribution is 5.89. The number of epoxide rings is 1. The van der Waals surface area contributed by atoms with Gasteiger partial charge < -0.3 is 14.2 Å². The molecule has 0 spiro atoms.